The fraction of sp³-hybridized carbons (Fsp3) is 0.737. The van der Waals surface area contributed by atoms with Gasteiger partial charge in [-0.15, -0.1) is 0 Å². The van der Waals surface area contributed by atoms with Crippen LogP contribution in [0.15, 0.2) is 23.8 Å². The van der Waals surface area contributed by atoms with Gasteiger partial charge in [-0.25, -0.2) is 4.79 Å². The fourth-order valence-electron chi connectivity index (χ4n) is 3.04. The number of aliphatic carboxylic acids is 1. The lowest BCUT2D eigenvalue weighted by Crippen LogP contribution is -2.40. The molecule has 0 aromatic carbocycles. The summed E-state index contributed by atoms with van der Waals surface area (Å²) < 4.78 is 5.20. The molecule has 3 heteroatoms. The molecular formula is C19H34O3. The summed E-state index contributed by atoms with van der Waals surface area (Å²) in [4.78, 5) is 11.4. The lowest BCUT2D eigenvalue weighted by molar-refractivity contribution is -0.154. The Hall–Kier alpha value is -1.09. The van der Waals surface area contributed by atoms with Crippen LogP contribution in [0.1, 0.15) is 60.8 Å². The number of carboxylic acids is 1. The number of ether oxygens (including phenoxy) is 1. The zero-order chi connectivity index (χ0) is 17.3. The minimum Gasteiger partial charge on any atom is -0.479 e. The van der Waals surface area contributed by atoms with E-state index in [1.54, 1.807) is 0 Å². The first-order valence-corrected chi connectivity index (χ1v) is 8.34. The lowest BCUT2D eigenvalue weighted by atomic mass is 9.66. The highest BCUT2D eigenvalue weighted by Gasteiger charge is 2.38. The molecule has 128 valence electrons. The van der Waals surface area contributed by atoms with E-state index in [0.29, 0.717) is 0 Å². The average molecular weight is 310 g/mol. The number of hydrogen-bond donors (Lipinski definition) is 1. The third kappa shape index (κ3) is 5.60. The highest BCUT2D eigenvalue weighted by atomic mass is 16.5. The molecule has 0 rings (SSSR count). The van der Waals surface area contributed by atoms with Gasteiger partial charge in [0, 0.05) is 7.11 Å². The van der Waals surface area contributed by atoms with E-state index in [0.717, 1.165) is 19.3 Å². The van der Waals surface area contributed by atoms with Crippen molar-refractivity contribution in [1.82, 2.24) is 0 Å². The maximum absolute atomic E-state index is 11.4. The first kappa shape index (κ1) is 20.9. The Bertz CT molecular complexity index is 397. The standard InChI is InChI=1S/C19H34O3/c1-8-11-12-16(9-2)13-19(6,10-3)15(5)14(4)17(22-7)18(20)21/h9,11-12,14-15,17H,8,10,13H2,1-7H3,(H,20,21). The van der Waals surface area contributed by atoms with E-state index in [2.05, 4.69) is 52.8 Å². The Morgan fingerprint density at radius 1 is 1.32 bits per heavy atom. The maximum Gasteiger partial charge on any atom is 0.333 e. The molecule has 0 saturated carbocycles. The van der Waals surface area contributed by atoms with Gasteiger partial charge in [0.25, 0.3) is 0 Å². The van der Waals surface area contributed by atoms with Crippen LogP contribution in [-0.4, -0.2) is 24.3 Å². The summed E-state index contributed by atoms with van der Waals surface area (Å²) in [5, 5.41) is 9.33. The van der Waals surface area contributed by atoms with E-state index in [4.69, 9.17) is 4.74 Å². The van der Waals surface area contributed by atoms with Crippen molar-refractivity contribution in [2.75, 3.05) is 7.11 Å². The normalized spacial score (nSPS) is 19.7. The van der Waals surface area contributed by atoms with Crippen LogP contribution in [0.25, 0.3) is 0 Å². The summed E-state index contributed by atoms with van der Waals surface area (Å²) >= 11 is 0. The zero-order valence-electron chi connectivity index (χ0n) is 15.3. The number of hydrogen-bond acceptors (Lipinski definition) is 2. The topological polar surface area (TPSA) is 46.5 Å². The lowest BCUT2D eigenvalue weighted by Gasteiger charge is -2.40. The van der Waals surface area contributed by atoms with Crippen molar-refractivity contribution in [3.8, 4) is 0 Å². The Labute approximate surface area is 136 Å². The molecule has 0 amide bonds. The van der Waals surface area contributed by atoms with Gasteiger partial charge in [0.1, 0.15) is 0 Å². The summed E-state index contributed by atoms with van der Waals surface area (Å²) in [6.45, 7) is 12.8. The summed E-state index contributed by atoms with van der Waals surface area (Å²) in [5.74, 6) is -0.679. The molecule has 0 aliphatic carbocycles. The van der Waals surface area contributed by atoms with Crippen molar-refractivity contribution in [1.29, 1.82) is 0 Å². The summed E-state index contributed by atoms with van der Waals surface area (Å²) in [7, 11) is 1.48. The van der Waals surface area contributed by atoms with E-state index in [1.807, 2.05) is 6.92 Å². The molecular weight excluding hydrogens is 276 g/mol. The van der Waals surface area contributed by atoms with Crippen LogP contribution in [0, 0.1) is 17.3 Å². The summed E-state index contributed by atoms with van der Waals surface area (Å²) in [5.41, 5.74) is 1.36. The molecule has 4 atom stereocenters. The van der Waals surface area contributed by atoms with Gasteiger partial charge in [-0.05, 0) is 37.0 Å². The van der Waals surface area contributed by atoms with Gasteiger partial charge in [-0.1, -0.05) is 64.8 Å². The van der Waals surface area contributed by atoms with E-state index in [-0.39, 0.29) is 17.3 Å². The van der Waals surface area contributed by atoms with Gasteiger partial charge >= 0.3 is 5.97 Å². The van der Waals surface area contributed by atoms with E-state index in [1.165, 1.54) is 12.7 Å². The molecule has 1 N–H and O–H groups in total. The second-order valence-electron chi connectivity index (χ2n) is 6.50. The second kappa shape index (κ2) is 9.83. The van der Waals surface area contributed by atoms with Crippen molar-refractivity contribution in [2.45, 2.75) is 66.9 Å². The summed E-state index contributed by atoms with van der Waals surface area (Å²) in [6, 6.07) is 0. The number of methoxy groups -OCH3 is 1. The fourth-order valence-corrected chi connectivity index (χ4v) is 3.04. The van der Waals surface area contributed by atoms with Crippen LogP contribution in [0.3, 0.4) is 0 Å². The maximum atomic E-state index is 11.4. The molecule has 0 aromatic rings. The second-order valence-corrected chi connectivity index (χ2v) is 6.50. The van der Waals surface area contributed by atoms with E-state index in [9.17, 15) is 9.90 Å². The molecule has 0 aromatic heterocycles. The molecule has 0 radical (unpaired) electrons. The highest BCUT2D eigenvalue weighted by Crippen LogP contribution is 2.42. The molecule has 0 bridgehead atoms. The van der Waals surface area contributed by atoms with Crippen LogP contribution in [0.2, 0.25) is 0 Å². The van der Waals surface area contributed by atoms with Gasteiger partial charge in [0.05, 0.1) is 0 Å². The van der Waals surface area contributed by atoms with Crippen LogP contribution < -0.4 is 0 Å². The molecule has 0 heterocycles. The number of carbonyl (C=O) groups is 1. The SMILES string of the molecule is CC=C(C=CCC)CC(C)(CC)C(C)C(C)C(OC)C(=O)O. The Balaban J connectivity index is 5.26. The Morgan fingerprint density at radius 2 is 1.91 bits per heavy atom. The minimum absolute atomic E-state index is 0.0410. The molecule has 0 aliphatic rings. The van der Waals surface area contributed by atoms with Crippen LogP contribution in [-0.2, 0) is 9.53 Å². The van der Waals surface area contributed by atoms with Crippen LogP contribution >= 0.6 is 0 Å². The average Bonchev–Trinajstić information content (AvgIpc) is 2.50. The first-order chi connectivity index (χ1) is 10.3. The smallest absolute Gasteiger partial charge is 0.333 e. The Kier molecular flexibility index (Phi) is 9.34. The zero-order valence-corrected chi connectivity index (χ0v) is 15.3. The molecule has 0 aliphatic heterocycles. The number of carboxylic acid groups (broad SMARTS) is 1. The largest absolute Gasteiger partial charge is 0.479 e. The minimum atomic E-state index is -0.877. The van der Waals surface area contributed by atoms with E-state index >= 15 is 0 Å². The van der Waals surface area contributed by atoms with Gasteiger partial charge in [-0.2, -0.15) is 0 Å². The van der Waals surface area contributed by atoms with Gasteiger partial charge in [-0.3, -0.25) is 0 Å². The number of allylic oxidation sites excluding steroid dienone is 4. The molecule has 3 nitrogen and oxygen atoms in total. The predicted octanol–water partition coefficient (Wildman–Crippen LogP) is 5.08. The highest BCUT2D eigenvalue weighted by molar-refractivity contribution is 5.72. The molecule has 0 spiro atoms. The van der Waals surface area contributed by atoms with E-state index < -0.39 is 12.1 Å². The first-order valence-electron chi connectivity index (χ1n) is 8.34. The predicted molar refractivity (Wildman–Crippen MR) is 93.0 cm³/mol. The van der Waals surface area contributed by atoms with Crippen molar-refractivity contribution in [3.05, 3.63) is 23.8 Å². The van der Waals surface area contributed by atoms with Crippen LogP contribution in [0.4, 0.5) is 0 Å². The monoisotopic (exact) mass is 310 g/mol. The molecule has 22 heavy (non-hydrogen) atoms. The Morgan fingerprint density at radius 3 is 2.27 bits per heavy atom. The molecule has 0 saturated heterocycles. The quantitative estimate of drug-likeness (QED) is 0.572. The van der Waals surface area contributed by atoms with Crippen LogP contribution in [0.5, 0.6) is 0 Å². The van der Waals surface area contributed by atoms with Crippen molar-refractivity contribution in [3.63, 3.8) is 0 Å². The summed E-state index contributed by atoms with van der Waals surface area (Å²) in [6.07, 6.45) is 8.76. The van der Waals surface area contributed by atoms with Crippen molar-refractivity contribution < 1.29 is 14.6 Å². The van der Waals surface area contributed by atoms with Crippen molar-refractivity contribution >= 4 is 5.97 Å². The van der Waals surface area contributed by atoms with Gasteiger partial charge in [0.2, 0.25) is 0 Å². The molecule has 0 fully saturated rings. The van der Waals surface area contributed by atoms with Gasteiger partial charge in [0.15, 0.2) is 6.10 Å². The van der Waals surface area contributed by atoms with Crippen molar-refractivity contribution in [2.24, 2.45) is 17.3 Å². The third-order valence-electron chi connectivity index (χ3n) is 5.22. The number of rotatable bonds is 10. The third-order valence-corrected chi connectivity index (χ3v) is 5.22. The molecule has 4 unspecified atom stereocenters. The van der Waals surface area contributed by atoms with Gasteiger partial charge < -0.3 is 9.84 Å².